The molecular formula is C23H26N6O2S2. The topological polar surface area (TPSA) is 112 Å². The number of pyridine rings is 1. The van der Waals surface area contributed by atoms with E-state index in [4.69, 9.17) is 5.11 Å². The number of carbonyl (C=O) groups excluding carboxylic acids is 1. The Hall–Kier alpha value is -3.08. The van der Waals surface area contributed by atoms with Crippen LogP contribution in [0.4, 0.5) is 17.2 Å². The van der Waals surface area contributed by atoms with Gasteiger partial charge in [0.25, 0.3) is 5.91 Å². The van der Waals surface area contributed by atoms with Gasteiger partial charge in [0, 0.05) is 48.2 Å². The van der Waals surface area contributed by atoms with Gasteiger partial charge in [0.1, 0.15) is 16.5 Å². The summed E-state index contributed by atoms with van der Waals surface area (Å²) in [5, 5.41) is 21.0. The Balaban J connectivity index is 1.54. The first-order chi connectivity index (χ1) is 16.0. The summed E-state index contributed by atoms with van der Waals surface area (Å²) in [5.74, 6) is 0.502. The van der Waals surface area contributed by atoms with Crippen LogP contribution >= 0.6 is 22.7 Å². The minimum absolute atomic E-state index is 0.125. The number of anilines is 3. The highest BCUT2D eigenvalue weighted by Crippen LogP contribution is 2.33. The molecule has 0 saturated heterocycles. The van der Waals surface area contributed by atoms with E-state index in [1.54, 1.807) is 22.9 Å². The zero-order valence-corrected chi connectivity index (χ0v) is 20.1. The van der Waals surface area contributed by atoms with Crippen molar-refractivity contribution in [2.24, 2.45) is 0 Å². The Morgan fingerprint density at radius 1 is 1.15 bits per heavy atom. The number of nitrogens with zero attached hydrogens (tertiary/aromatic N) is 3. The van der Waals surface area contributed by atoms with Crippen molar-refractivity contribution >= 4 is 56.0 Å². The molecule has 8 nitrogen and oxygen atoms in total. The highest BCUT2D eigenvalue weighted by atomic mass is 32.1. The molecule has 4 aromatic rings. The number of unbranched alkanes of at least 4 members (excludes halogenated alkanes) is 1. The quantitative estimate of drug-likeness (QED) is 0.238. The molecule has 4 N–H and O–H groups in total. The molecule has 0 spiro atoms. The Morgan fingerprint density at radius 3 is 2.85 bits per heavy atom. The third-order valence-corrected chi connectivity index (χ3v) is 6.46. The SMILES string of the molecule is CC(C)Nc1cc(Nc2ccc3ncsc3c2)ncc1-c1nc(C(=O)NCCCCO)cs1. The third-order valence-electron chi connectivity index (χ3n) is 4.79. The molecular weight excluding hydrogens is 456 g/mol. The van der Waals surface area contributed by atoms with Gasteiger partial charge in [-0.15, -0.1) is 22.7 Å². The molecule has 0 bridgehead atoms. The van der Waals surface area contributed by atoms with Gasteiger partial charge in [-0.2, -0.15) is 0 Å². The maximum atomic E-state index is 12.4. The van der Waals surface area contributed by atoms with E-state index in [1.807, 2.05) is 23.7 Å². The number of aliphatic hydroxyl groups excluding tert-OH is 1. The molecule has 0 atom stereocenters. The van der Waals surface area contributed by atoms with E-state index >= 15 is 0 Å². The number of nitrogens with one attached hydrogen (secondary N) is 3. The number of fused-ring (bicyclic) bond motifs is 1. The van der Waals surface area contributed by atoms with Crippen molar-refractivity contribution in [3.05, 3.63) is 47.0 Å². The second kappa shape index (κ2) is 10.7. The highest BCUT2D eigenvalue weighted by Gasteiger charge is 2.16. The molecule has 3 aromatic heterocycles. The number of rotatable bonds is 10. The van der Waals surface area contributed by atoms with Crippen LogP contribution in [-0.2, 0) is 0 Å². The summed E-state index contributed by atoms with van der Waals surface area (Å²) >= 11 is 3.01. The van der Waals surface area contributed by atoms with Gasteiger partial charge in [0.2, 0.25) is 0 Å². The molecule has 0 saturated carbocycles. The molecule has 10 heteroatoms. The zero-order valence-electron chi connectivity index (χ0n) is 18.5. The van der Waals surface area contributed by atoms with Crippen LogP contribution in [0.1, 0.15) is 37.2 Å². The van der Waals surface area contributed by atoms with Gasteiger partial charge in [-0.05, 0) is 44.9 Å². The van der Waals surface area contributed by atoms with E-state index in [0.29, 0.717) is 24.5 Å². The number of aliphatic hydroxyl groups is 1. The minimum atomic E-state index is -0.210. The first-order valence-corrected chi connectivity index (χ1v) is 12.5. The fourth-order valence-corrected chi connectivity index (χ4v) is 4.78. The maximum Gasteiger partial charge on any atom is 0.270 e. The molecule has 0 fully saturated rings. The molecule has 0 unspecified atom stereocenters. The lowest BCUT2D eigenvalue weighted by atomic mass is 10.2. The molecule has 0 aliphatic heterocycles. The number of hydrogen-bond donors (Lipinski definition) is 4. The van der Waals surface area contributed by atoms with E-state index in [2.05, 4.69) is 50.8 Å². The highest BCUT2D eigenvalue weighted by molar-refractivity contribution is 7.16. The van der Waals surface area contributed by atoms with Gasteiger partial charge in [0.15, 0.2) is 0 Å². The molecule has 0 aliphatic rings. The normalized spacial score (nSPS) is 11.2. The fourth-order valence-electron chi connectivity index (χ4n) is 3.24. The first kappa shape index (κ1) is 23.1. The Morgan fingerprint density at radius 2 is 2.03 bits per heavy atom. The van der Waals surface area contributed by atoms with Crippen LogP contribution in [0.5, 0.6) is 0 Å². The Kier molecular flexibility index (Phi) is 7.48. The van der Waals surface area contributed by atoms with Crippen LogP contribution in [0, 0.1) is 0 Å². The molecule has 3 heterocycles. The monoisotopic (exact) mass is 482 g/mol. The third kappa shape index (κ3) is 5.84. The van der Waals surface area contributed by atoms with Gasteiger partial charge in [0.05, 0.1) is 21.3 Å². The van der Waals surface area contributed by atoms with Gasteiger partial charge in [-0.3, -0.25) is 4.79 Å². The van der Waals surface area contributed by atoms with E-state index in [0.717, 1.165) is 38.6 Å². The van der Waals surface area contributed by atoms with E-state index in [-0.39, 0.29) is 18.6 Å². The first-order valence-electron chi connectivity index (χ1n) is 10.8. The van der Waals surface area contributed by atoms with Crippen molar-refractivity contribution in [1.29, 1.82) is 0 Å². The summed E-state index contributed by atoms with van der Waals surface area (Å²) in [4.78, 5) is 25.8. The maximum absolute atomic E-state index is 12.4. The molecule has 0 radical (unpaired) electrons. The van der Waals surface area contributed by atoms with Crippen molar-refractivity contribution in [3.8, 4) is 10.6 Å². The lowest BCUT2D eigenvalue weighted by Crippen LogP contribution is -2.24. The van der Waals surface area contributed by atoms with Crippen LogP contribution in [-0.4, -0.2) is 45.2 Å². The second-order valence-corrected chi connectivity index (χ2v) is 9.54. The van der Waals surface area contributed by atoms with Crippen molar-refractivity contribution in [3.63, 3.8) is 0 Å². The summed E-state index contributed by atoms with van der Waals surface area (Å²) in [6.45, 7) is 4.78. The predicted octanol–water partition coefficient (Wildman–Crippen LogP) is 4.88. The summed E-state index contributed by atoms with van der Waals surface area (Å²) < 4.78 is 1.11. The van der Waals surface area contributed by atoms with Crippen molar-refractivity contribution in [2.75, 3.05) is 23.8 Å². The smallest absolute Gasteiger partial charge is 0.270 e. The molecule has 1 amide bonds. The fraction of sp³-hybridized carbons (Fsp3) is 0.304. The zero-order chi connectivity index (χ0) is 23.2. The van der Waals surface area contributed by atoms with Gasteiger partial charge < -0.3 is 21.1 Å². The number of thiazole rings is 2. The van der Waals surface area contributed by atoms with Crippen LogP contribution in [0.15, 0.2) is 41.4 Å². The van der Waals surface area contributed by atoms with Gasteiger partial charge in [-0.1, -0.05) is 0 Å². The average Bonchev–Trinajstić information content (AvgIpc) is 3.46. The Bertz CT molecular complexity index is 1240. The molecule has 33 heavy (non-hydrogen) atoms. The number of aromatic nitrogens is 3. The second-order valence-electron chi connectivity index (χ2n) is 7.80. The lowest BCUT2D eigenvalue weighted by molar-refractivity contribution is 0.0948. The summed E-state index contributed by atoms with van der Waals surface area (Å²) in [6, 6.07) is 8.20. The van der Waals surface area contributed by atoms with Crippen LogP contribution < -0.4 is 16.0 Å². The van der Waals surface area contributed by atoms with Crippen molar-refractivity contribution < 1.29 is 9.90 Å². The van der Waals surface area contributed by atoms with Crippen LogP contribution in [0.25, 0.3) is 20.8 Å². The largest absolute Gasteiger partial charge is 0.396 e. The minimum Gasteiger partial charge on any atom is -0.396 e. The van der Waals surface area contributed by atoms with Crippen molar-refractivity contribution in [2.45, 2.75) is 32.7 Å². The van der Waals surface area contributed by atoms with Gasteiger partial charge in [-0.25, -0.2) is 15.0 Å². The van der Waals surface area contributed by atoms with Crippen LogP contribution in [0.3, 0.4) is 0 Å². The molecule has 1 aromatic carbocycles. The summed E-state index contributed by atoms with van der Waals surface area (Å²) in [7, 11) is 0. The number of carbonyl (C=O) groups is 1. The van der Waals surface area contributed by atoms with E-state index in [9.17, 15) is 4.79 Å². The summed E-state index contributed by atoms with van der Waals surface area (Å²) in [6.07, 6.45) is 3.17. The molecule has 0 aliphatic carbocycles. The average molecular weight is 483 g/mol. The van der Waals surface area contributed by atoms with E-state index in [1.165, 1.54) is 11.3 Å². The standard InChI is InChI=1S/C23H26N6O2S2/c1-14(2)27-18-10-21(28-15-5-6-17-20(9-15)33-13-26-17)25-11-16(18)23-29-19(12-32-23)22(31)24-7-3-4-8-30/h5-6,9-14,30H,3-4,7-8H2,1-2H3,(H,24,31)(H2,25,27,28). The number of hydrogen-bond acceptors (Lipinski definition) is 9. The number of amides is 1. The van der Waals surface area contributed by atoms with Crippen LogP contribution in [0.2, 0.25) is 0 Å². The summed E-state index contributed by atoms with van der Waals surface area (Å²) in [5.41, 5.74) is 5.88. The van der Waals surface area contributed by atoms with E-state index < -0.39 is 0 Å². The Labute approximate surface area is 200 Å². The molecule has 4 rings (SSSR count). The van der Waals surface area contributed by atoms with Crippen molar-refractivity contribution in [1.82, 2.24) is 20.3 Å². The lowest BCUT2D eigenvalue weighted by Gasteiger charge is -2.15. The molecule has 172 valence electrons. The van der Waals surface area contributed by atoms with Gasteiger partial charge >= 0.3 is 0 Å². The predicted molar refractivity (Wildman–Crippen MR) is 136 cm³/mol. The number of benzene rings is 1.